The Morgan fingerprint density at radius 1 is 1.07 bits per heavy atom. The van der Waals surface area contributed by atoms with Crippen LogP contribution in [0.15, 0.2) is 30.3 Å². The van der Waals surface area contributed by atoms with Gasteiger partial charge < -0.3 is 0 Å². The van der Waals surface area contributed by atoms with Crippen LogP contribution in [0.5, 0.6) is 0 Å². The molecule has 4 aliphatic carbocycles. The Labute approximate surface area is 159 Å². The summed E-state index contributed by atoms with van der Waals surface area (Å²) in [4.78, 5) is 37.4. The average Bonchev–Trinajstić information content (AvgIpc) is 2.60. The van der Waals surface area contributed by atoms with Gasteiger partial charge in [0, 0.05) is 10.3 Å². The molecule has 1 aromatic carbocycles. The molecule has 0 N–H and O–H groups in total. The predicted octanol–water partition coefficient (Wildman–Crippen LogP) is 4.04. The number of benzene rings is 1. The van der Waals surface area contributed by atoms with Gasteiger partial charge in [-0.05, 0) is 68.8 Å². The van der Waals surface area contributed by atoms with Gasteiger partial charge in [0.25, 0.3) is 0 Å². The topological polar surface area (TPSA) is 77.3 Å². The number of Topliss-reactive ketones (excluding diaryl/α,β-unsaturated/α-hetero) is 2. The van der Waals surface area contributed by atoms with Crippen LogP contribution in [0.1, 0.15) is 56.9 Å². The minimum Gasteiger partial charge on any atom is -0.299 e. The Hall–Kier alpha value is -2.04. The Bertz CT molecular complexity index is 722. The Morgan fingerprint density at radius 2 is 1.59 bits per heavy atom. The summed E-state index contributed by atoms with van der Waals surface area (Å²) < 4.78 is 0. The molecule has 4 saturated carbocycles. The minimum absolute atomic E-state index is 0.00944. The van der Waals surface area contributed by atoms with Gasteiger partial charge in [-0.2, -0.15) is 0 Å². The fourth-order valence-electron chi connectivity index (χ4n) is 6.66. The molecule has 0 spiro atoms. The molecule has 2 atom stereocenters. The van der Waals surface area contributed by atoms with Crippen molar-refractivity contribution in [1.29, 1.82) is 0 Å². The zero-order chi connectivity index (χ0) is 19.2. The van der Waals surface area contributed by atoms with E-state index in [1.165, 1.54) is 26.2 Å². The lowest BCUT2D eigenvalue weighted by Gasteiger charge is -2.56. The van der Waals surface area contributed by atoms with Crippen molar-refractivity contribution in [2.24, 2.45) is 29.1 Å². The number of carbonyl (C=O) groups is 2. The highest BCUT2D eigenvalue weighted by atomic mass is 16.6. The molecular weight excluding hydrogens is 342 g/mol. The first-order chi connectivity index (χ1) is 12.9. The van der Waals surface area contributed by atoms with Crippen LogP contribution in [0.2, 0.25) is 0 Å². The molecule has 5 nitrogen and oxygen atoms in total. The van der Waals surface area contributed by atoms with E-state index < -0.39 is 17.3 Å². The summed E-state index contributed by atoms with van der Waals surface area (Å²) in [5.74, 6) is -0.0417. The number of hydrogen-bond acceptors (Lipinski definition) is 4. The summed E-state index contributed by atoms with van der Waals surface area (Å²) in [6, 6.07) is 9.08. The van der Waals surface area contributed by atoms with E-state index >= 15 is 0 Å². The maximum atomic E-state index is 13.8. The SMILES string of the molecule is CC(=O)C(C(=O)C12CC3CC(CC(C3)C1)C2)C(C[N+](=O)[O-])c1ccccc1. The maximum Gasteiger partial charge on any atom is 0.211 e. The highest BCUT2D eigenvalue weighted by Gasteiger charge is 2.57. The van der Waals surface area contributed by atoms with Crippen LogP contribution in [0.25, 0.3) is 0 Å². The second-order valence-corrected chi connectivity index (χ2v) is 9.18. The molecular formula is C22H27NO4. The predicted molar refractivity (Wildman–Crippen MR) is 101 cm³/mol. The van der Waals surface area contributed by atoms with E-state index in [0.717, 1.165) is 19.3 Å². The van der Waals surface area contributed by atoms with Gasteiger partial charge in [0.15, 0.2) is 0 Å². The second-order valence-electron chi connectivity index (χ2n) is 9.18. The van der Waals surface area contributed by atoms with Crippen molar-refractivity contribution < 1.29 is 14.5 Å². The van der Waals surface area contributed by atoms with Crippen LogP contribution in [0, 0.1) is 39.2 Å². The Kier molecular flexibility index (Phi) is 4.65. The number of nitro groups is 1. The lowest BCUT2D eigenvalue weighted by atomic mass is 9.47. The largest absolute Gasteiger partial charge is 0.299 e. The summed E-state index contributed by atoms with van der Waals surface area (Å²) in [7, 11) is 0. The van der Waals surface area contributed by atoms with E-state index in [-0.39, 0.29) is 23.0 Å². The molecule has 0 aromatic heterocycles. The number of hydrogen-bond donors (Lipinski definition) is 0. The fourth-order valence-corrected chi connectivity index (χ4v) is 6.66. The zero-order valence-electron chi connectivity index (χ0n) is 15.8. The van der Waals surface area contributed by atoms with E-state index in [1.807, 2.05) is 18.2 Å². The van der Waals surface area contributed by atoms with Gasteiger partial charge in [-0.3, -0.25) is 19.7 Å². The molecule has 0 aliphatic heterocycles. The standard InChI is InChI=1S/C22H27NO4/c1-14(24)20(19(13-23(26)27)18-5-3-2-4-6-18)21(25)22-10-15-7-16(11-22)9-17(8-15)12-22/h2-6,15-17,19-20H,7-13H2,1H3. The number of nitrogens with zero attached hydrogens (tertiary/aromatic N) is 1. The summed E-state index contributed by atoms with van der Waals surface area (Å²) in [5, 5.41) is 11.4. The van der Waals surface area contributed by atoms with Crippen molar-refractivity contribution in [3.63, 3.8) is 0 Å². The normalized spacial score (nSPS) is 33.4. The molecule has 0 amide bonds. The van der Waals surface area contributed by atoms with Gasteiger partial charge >= 0.3 is 0 Å². The van der Waals surface area contributed by atoms with Crippen LogP contribution in [0.4, 0.5) is 0 Å². The van der Waals surface area contributed by atoms with Crippen molar-refractivity contribution in [2.45, 2.75) is 51.4 Å². The molecule has 4 fully saturated rings. The maximum absolute atomic E-state index is 13.8. The molecule has 27 heavy (non-hydrogen) atoms. The Morgan fingerprint density at radius 3 is 2.04 bits per heavy atom. The fraction of sp³-hybridized carbons (Fsp3) is 0.636. The van der Waals surface area contributed by atoms with E-state index in [1.54, 1.807) is 12.1 Å². The van der Waals surface area contributed by atoms with Crippen molar-refractivity contribution in [1.82, 2.24) is 0 Å². The summed E-state index contributed by atoms with van der Waals surface area (Å²) in [5.41, 5.74) is 0.293. The highest BCUT2D eigenvalue weighted by molar-refractivity contribution is 6.05. The highest BCUT2D eigenvalue weighted by Crippen LogP contribution is 2.61. The summed E-state index contributed by atoms with van der Waals surface area (Å²) >= 11 is 0. The lowest BCUT2D eigenvalue weighted by molar-refractivity contribution is -0.484. The molecule has 2 unspecified atom stereocenters. The van der Waals surface area contributed by atoms with E-state index in [9.17, 15) is 19.7 Å². The number of ketones is 2. The van der Waals surface area contributed by atoms with Crippen LogP contribution in [-0.4, -0.2) is 23.0 Å². The van der Waals surface area contributed by atoms with Crippen LogP contribution in [0.3, 0.4) is 0 Å². The quantitative estimate of drug-likeness (QED) is 0.413. The molecule has 144 valence electrons. The first kappa shape index (κ1) is 18.3. The molecule has 0 heterocycles. The molecule has 5 heteroatoms. The van der Waals surface area contributed by atoms with E-state index in [2.05, 4.69) is 0 Å². The van der Waals surface area contributed by atoms with Crippen LogP contribution in [-0.2, 0) is 9.59 Å². The zero-order valence-corrected chi connectivity index (χ0v) is 15.8. The van der Waals surface area contributed by atoms with Crippen LogP contribution >= 0.6 is 0 Å². The third-order valence-corrected chi connectivity index (χ3v) is 7.26. The second kappa shape index (κ2) is 6.84. The molecule has 4 bridgehead atoms. The number of rotatable bonds is 7. The van der Waals surface area contributed by atoms with Crippen molar-refractivity contribution >= 4 is 11.6 Å². The molecule has 0 saturated heterocycles. The Balaban J connectivity index is 1.69. The first-order valence-electron chi connectivity index (χ1n) is 10.1. The third-order valence-electron chi connectivity index (χ3n) is 7.26. The number of carbonyl (C=O) groups excluding carboxylic acids is 2. The minimum atomic E-state index is -0.908. The molecule has 5 rings (SSSR count). The van der Waals surface area contributed by atoms with Crippen LogP contribution < -0.4 is 0 Å². The van der Waals surface area contributed by atoms with Gasteiger partial charge in [-0.15, -0.1) is 0 Å². The molecule has 4 aliphatic rings. The van der Waals surface area contributed by atoms with E-state index in [0.29, 0.717) is 23.3 Å². The van der Waals surface area contributed by atoms with Crippen molar-refractivity contribution in [3.8, 4) is 0 Å². The lowest BCUT2D eigenvalue weighted by Crippen LogP contribution is -2.53. The van der Waals surface area contributed by atoms with Gasteiger partial charge in [-0.25, -0.2) is 0 Å². The summed E-state index contributed by atoms with van der Waals surface area (Å²) in [6.07, 6.45) is 6.28. The van der Waals surface area contributed by atoms with Crippen molar-refractivity contribution in [3.05, 3.63) is 46.0 Å². The van der Waals surface area contributed by atoms with Gasteiger partial charge in [0.2, 0.25) is 6.54 Å². The third kappa shape index (κ3) is 3.32. The average molecular weight is 369 g/mol. The van der Waals surface area contributed by atoms with Crippen molar-refractivity contribution in [2.75, 3.05) is 6.54 Å². The monoisotopic (exact) mass is 369 g/mol. The smallest absolute Gasteiger partial charge is 0.211 e. The first-order valence-corrected chi connectivity index (χ1v) is 10.1. The molecule has 0 radical (unpaired) electrons. The summed E-state index contributed by atoms with van der Waals surface area (Å²) in [6.45, 7) is 1.05. The van der Waals surface area contributed by atoms with Gasteiger partial charge in [0.05, 0.1) is 11.8 Å². The van der Waals surface area contributed by atoms with E-state index in [4.69, 9.17) is 0 Å². The van der Waals surface area contributed by atoms with Gasteiger partial charge in [-0.1, -0.05) is 30.3 Å². The van der Waals surface area contributed by atoms with Gasteiger partial charge in [0.1, 0.15) is 11.6 Å². The molecule has 1 aromatic rings.